The van der Waals surface area contributed by atoms with Crippen molar-refractivity contribution in [1.82, 2.24) is 15.4 Å². The summed E-state index contributed by atoms with van der Waals surface area (Å²) < 4.78 is 38.9. The molecule has 0 spiro atoms. The van der Waals surface area contributed by atoms with Gasteiger partial charge in [0.05, 0.1) is 4.90 Å². The van der Waals surface area contributed by atoms with Gasteiger partial charge in [-0.3, -0.25) is 4.99 Å². The van der Waals surface area contributed by atoms with E-state index in [-0.39, 0.29) is 10.7 Å². The lowest BCUT2D eigenvalue weighted by Crippen LogP contribution is -2.36. The van der Waals surface area contributed by atoms with Gasteiger partial charge in [-0.15, -0.1) is 0 Å². The number of nitrogens with zero attached hydrogens (tertiary/aromatic N) is 1. The molecular weight excluding hydrogens is 343 g/mol. The second kappa shape index (κ2) is 8.59. The predicted octanol–water partition coefficient (Wildman–Crippen LogP) is 1.60. The number of guanidine groups is 1. The molecule has 0 unspecified atom stereocenters. The van der Waals surface area contributed by atoms with Crippen LogP contribution in [0.1, 0.15) is 11.1 Å². The molecular formula is C17H21FN4O2S. The summed E-state index contributed by atoms with van der Waals surface area (Å²) in [6.07, 6.45) is 0. The van der Waals surface area contributed by atoms with Gasteiger partial charge in [0.15, 0.2) is 5.96 Å². The number of halogens is 1. The molecule has 3 N–H and O–H groups in total. The van der Waals surface area contributed by atoms with Crippen molar-refractivity contribution in [2.75, 3.05) is 14.1 Å². The molecule has 0 atom stereocenters. The summed E-state index contributed by atoms with van der Waals surface area (Å²) in [5, 5.41) is 6.23. The summed E-state index contributed by atoms with van der Waals surface area (Å²) in [5.41, 5.74) is 1.73. The number of aliphatic imine (C=N–C) groups is 1. The molecule has 2 aromatic rings. The summed E-state index contributed by atoms with van der Waals surface area (Å²) in [5.74, 6) is 0.286. The Kier molecular flexibility index (Phi) is 6.49. The smallest absolute Gasteiger partial charge is 0.240 e. The molecule has 0 heterocycles. The molecule has 0 radical (unpaired) electrons. The fraction of sp³-hybridized carbons (Fsp3) is 0.235. The van der Waals surface area contributed by atoms with E-state index in [4.69, 9.17) is 0 Å². The number of sulfonamides is 1. The fourth-order valence-corrected chi connectivity index (χ4v) is 2.93. The quantitative estimate of drug-likeness (QED) is 0.537. The van der Waals surface area contributed by atoms with Crippen LogP contribution in [0, 0.1) is 5.82 Å². The SMILES string of the molecule is CN=C(NCc1ccc(F)cc1)NCc1cccc(S(=O)(=O)NC)c1. The molecule has 0 saturated heterocycles. The highest BCUT2D eigenvalue weighted by molar-refractivity contribution is 7.89. The number of rotatable bonds is 6. The third kappa shape index (κ3) is 5.54. The first-order valence-electron chi connectivity index (χ1n) is 7.66. The third-order valence-corrected chi connectivity index (χ3v) is 4.95. The number of hydrogen-bond acceptors (Lipinski definition) is 3. The summed E-state index contributed by atoms with van der Waals surface area (Å²) in [6, 6.07) is 12.9. The van der Waals surface area contributed by atoms with E-state index in [0.717, 1.165) is 11.1 Å². The van der Waals surface area contributed by atoms with Gasteiger partial charge in [-0.1, -0.05) is 24.3 Å². The van der Waals surface area contributed by atoms with Crippen LogP contribution >= 0.6 is 0 Å². The molecule has 0 bridgehead atoms. The summed E-state index contributed by atoms with van der Waals surface area (Å²) in [4.78, 5) is 4.32. The molecule has 2 rings (SSSR count). The molecule has 0 aliphatic heterocycles. The molecule has 134 valence electrons. The first-order valence-corrected chi connectivity index (χ1v) is 9.14. The molecule has 0 saturated carbocycles. The van der Waals surface area contributed by atoms with Crippen molar-refractivity contribution in [2.45, 2.75) is 18.0 Å². The Morgan fingerprint density at radius 3 is 2.28 bits per heavy atom. The Balaban J connectivity index is 1.94. The predicted molar refractivity (Wildman–Crippen MR) is 96.1 cm³/mol. The van der Waals surface area contributed by atoms with Crippen molar-refractivity contribution in [3.05, 3.63) is 65.5 Å². The van der Waals surface area contributed by atoms with E-state index in [0.29, 0.717) is 19.0 Å². The van der Waals surface area contributed by atoms with E-state index in [1.165, 1.54) is 25.2 Å². The molecule has 0 amide bonds. The first-order chi connectivity index (χ1) is 11.9. The van der Waals surface area contributed by atoms with Gasteiger partial charge in [-0.2, -0.15) is 0 Å². The van der Waals surface area contributed by atoms with Crippen LogP contribution in [0.25, 0.3) is 0 Å². The topological polar surface area (TPSA) is 82.6 Å². The Labute approximate surface area is 147 Å². The van der Waals surface area contributed by atoms with Crippen molar-refractivity contribution in [2.24, 2.45) is 4.99 Å². The zero-order chi connectivity index (χ0) is 18.3. The van der Waals surface area contributed by atoms with Gasteiger partial charge in [0.1, 0.15) is 5.82 Å². The third-order valence-electron chi connectivity index (χ3n) is 3.53. The Morgan fingerprint density at radius 1 is 1.04 bits per heavy atom. The minimum Gasteiger partial charge on any atom is -0.352 e. The highest BCUT2D eigenvalue weighted by Gasteiger charge is 2.11. The zero-order valence-corrected chi connectivity index (χ0v) is 14.9. The highest BCUT2D eigenvalue weighted by atomic mass is 32.2. The highest BCUT2D eigenvalue weighted by Crippen LogP contribution is 2.11. The van der Waals surface area contributed by atoms with E-state index >= 15 is 0 Å². The largest absolute Gasteiger partial charge is 0.352 e. The number of benzene rings is 2. The monoisotopic (exact) mass is 364 g/mol. The van der Waals surface area contributed by atoms with Crippen LogP contribution in [-0.2, 0) is 23.1 Å². The van der Waals surface area contributed by atoms with Crippen molar-refractivity contribution in [3.63, 3.8) is 0 Å². The molecule has 0 aliphatic carbocycles. The molecule has 2 aromatic carbocycles. The van der Waals surface area contributed by atoms with Crippen molar-refractivity contribution in [1.29, 1.82) is 0 Å². The summed E-state index contributed by atoms with van der Waals surface area (Å²) in [6.45, 7) is 0.907. The van der Waals surface area contributed by atoms with Gasteiger partial charge in [0.2, 0.25) is 10.0 Å². The maximum absolute atomic E-state index is 12.9. The van der Waals surface area contributed by atoms with E-state index in [2.05, 4.69) is 20.3 Å². The molecule has 25 heavy (non-hydrogen) atoms. The second-order valence-electron chi connectivity index (χ2n) is 5.26. The molecule has 6 nitrogen and oxygen atoms in total. The lowest BCUT2D eigenvalue weighted by atomic mass is 10.2. The van der Waals surface area contributed by atoms with Crippen LogP contribution in [0.4, 0.5) is 4.39 Å². The minimum absolute atomic E-state index is 0.212. The lowest BCUT2D eigenvalue weighted by molar-refractivity contribution is 0.588. The molecule has 0 aromatic heterocycles. The maximum atomic E-state index is 12.9. The van der Waals surface area contributed by atoms with Gasteiger partial charge >= 0.3 is 0 Å². The Bertz CT molecular complexity index is 836. The van der Waals surface area contributed by atoms with E-state index < -0.39 is 10.0 Å². The van der Waals surface area contributed by atoms with E-state index in [9.17, 15) is 12.8 Å². The maximum Gasteiger partial charge on any atom is 0.240 e. The van der Waals surface area contributed by atoms with Crippen molar-refractivity contribution < 1.29 is 12.8 Å². The molecule has 0 fully saturated rings. The van der Waals surface area contributed by atoms with Gasteiger partial charge < -0.3 is 10.6 Å². The zero-order valence-electron chi connectivity index (χ0n) is 14.1. The minimum atomic E-state index is -3.47. The Morgan fingerprint density at radius 2 is 1.68 bits per heavy atom. The second-order valence-corrected chi connectivity index (χ2v) is 7.15. The van der Waals surface area contributed by atoms with Crippen LogP contribution in [0.2, 0.25) is 0 Å². The fourth-order valence-electron chi connectivity index (χ4n) is 2.13. The standard InChI is InChI=1S/C17H21FN4O2S/c1-19-17(21-11-13-6-8-15(18)9-7-13)22-12-14-4-3-5-16(10-14)25(23,24)20-2/h3-10,20H,11-12H2,1-2H3,(H2,19,21,22). The van der Waals surface area contributed by atoms with Crippen molar-refractivity contribution in [3.8, 4) is 0 Å². The lowest BCUT2D eigenvalue weighted by Gasteiger charge is -2.12. The average Bonchev–Trinajstić information content (AvgIpc) is 2.63. The molecule has 0 aliphatic rings. The molecule has 8 heteroatoms. The van der Waals surface area contributed by atoms with Gasteiger partial charge in [0, 0.05) is 20.1 Å². The average molecular weight is 364 g/mol. The first kappa shape index (κ1) is 18.9. The van der Waals surface area contributed by atoms with E-state index in [1.54, 1.807) is 31.3 Å². The normalized spacial score (nSPS) is 12.0. The number of hydrogen-bond donors (Lipinski definition) is 3. The Hall–Kier alpha value is -2.45. The van der Waals surface area contributed by atoms with Crippen LogP contribution in [0.3, 0.4) is 0 Å². The van der Waals surface area contributed by atoms with Crippen LogP contribution in [0.15, 0.2) is 58.4 Å². The van der Waals surface area contributed by atoms with Gasteiger partial charge in [0.25, 0.3) is 0 Å². The van der Waals surface area contributed by atoms with Crippen LogP contribution in [-0.4, -0.2) is 28.5 Å². The summed E-state index contributed by atoms with van der Waals surface area (Å²) in [7, 11) is -0.452. The van der Waals surface area contributed by atoms with Crippen LogP contribution < -0.4 is 15.4 Å². The van der Waals surface area contributed by atoms with E-state index in [1.807, 2.05) is 6.07 Å². The van der Waals surface area contributed by atoms with Crippen LogP contribution in [0.5, 0.6) is 0 Å². The van der Waals surface area contributed by atoms with Gasteiger partial charge in [-0.05, 0) is 42.4 Å². The number of nitrogens with one attached hydrogen (secondary N) is 3. The van der Waals surface area contributed by atoms with Gasteiger partial charge in [-0.25, -0.2) is 17.5 Å². The summed E-state index contributed by atoms with van der Waals surface area (Å²) >= 11 is 0. The van der Waals surface area contributed by atoms with Crippen molar-refractivity contribution >= 4 is 16.0 Å².